The van der Waals surface area contributed by atoms with Crippen molar-refractivity contribution in [1.82, 2.24) is 4.72 Å². The van der Waals surface area contributed by atoms with Gasteiger partial charge in [0.25, 0.3) is 0 Å². The van der Waals surface area contributed by atoms with E-state index in [1.54, 1.807) is 0 Å². The summed E-state index contributed by atoms with van der Waals surface area (Å²) in [7, 11) is -3.78. The molecule has 21 heavy (non-hydrogen) atoms. The highest BCUT2D eigenvalue weighted by molar-refractivity contribution is 7.89. The Hall–Kier alpha value is -1.15. The van der Waals surface area contributed by atoms with Crippen molar-refractivity contribution in [2.45, 2.75) is 36.8 Å². The Morgan fingerprint density at radius 1 is 1.48 bits per heavy atom. The second-order valence-corrected chi connectivity index (χ2v) is 7.09. The molecule has 1 aliphatic heterocycles. The first kappa shape index (κ1) is 16.2. The molecule has 2 atom stereocenters. The molecule has 0 aliphatic carbocycles. The number of carbonyl (C=O) groups is 1. The average Bonchev–Trinajstić information content (AvgIpc) is 2.38. The van der Waals surface area contributed by atoms with Crippen molar-refractivity contribution in [2.75, 3.05) is 6.61 Å². The van der Waals surface area contributed by atoms with E-state index in [1.807, 2.05) is 6.92 Å². The molecule has 0 aromatic heterocycles. The zero-order chi connectivity index (χ0) is 15.6. The molecule has 1 aliphatic rings. The minimum Gasteiger partial charge on any atom is -0.478 e. The Kier molecular flexibility index (Phi) is 4.88. The van der Waals surface area contributed by atoms with Crippen LogP contribution in [0.1, 0.15) is 30.1 Å². The molecule has 0 saturated carbocycles. The summed E-state index contributed by atoms with van der Waals surface area (Å²) >= 11 is 5.74. The quantitative estimate of drug-likeness (QED) is 0.877. The fourth-order valence-electron chi connectivity index (χ4n) is 2.23. The highest BCUT2D eigenvalue weighted by Gasteiger charge is 2.26. The molecule has 1 heterocycles. The monoisotopic (exact) mass is 333 g/mol. The Morgan fingerprint density at radius 2 is 2.19 bits per heavy atom. The maximum atomic E-state index is 12.3. The first-order valence-corrected chi connectivity index (χ1v) is 8.32. The van der Waals surface area contributed by atoms with E-state index < -0.39 is 16.0 Å². The number of sulfonamides is 1. The standard InChI is InChI=1S/C13H16ClNO5S/c1-8-6-9(4-5-20-8)15-21(18,19)10-2-3-12(14)11(7-10)13(16)17/h2-3,7-9,15H,4-6H2,1H3,(H,16,17). The van der Waals surface area contributed by atoms with Crippen LogP contribution in [0.4, 0.5) is 0 Å². The Balaban J connectivity index is 2.23. The van der Waals surface area contributed by atoms with E-state index in [9.17, 15) is 13.2 Å². The summed E-state index contributed by atoms with van der Waals surface area (Å²) in [5.41, 5.74) is -0.236. The molecule has 0 bridgehead atoms. The lowest BCUT2D eigenvalue weighted by atomic mass is 10.1. The summed E-state index contributed by atoms with van der Waals surface area (Å²) in [4.78, 5) is 10.9. The van der Waals surface area contributed by atoms with Crippen LogP contribution in [0.15, 0.2) is 23.1 Å². The second-order valence-electron chi connectivity index (χ2n) is 4.97. The molecule has 0 amide bonds. The van der Waals surface area contributed by atoms with Gasteiger partial charge in [0, 0.05) is 12.6 Å². The number of carboxylic acids is 1. The fourth-order valence-corrected chi connectivity index (χ4v) is 3.74. The number of rotatable bonds is 4. The molecule has 2 N–H and O–H groups in total. The summed E-state index contributed by atoms with van der Waals surface area (Å²) in [5.74, 6) is -1.27. The number of hydrogen-bond acceptors (Lipinski definition) is 4. The number of nitrogens with one attached hydrogen (secondary N) is 1. The van der Waals surface area contributed by atoms with Gasteiger partial charge in [-0.05, 0) is 38.0 Å². The molecular formula is C13H16ClNO5S. The van der Waals surface area contributed by atoms with E-state index in [4.69, 9.17) is 21.4 Å². The van der Waals surface area contributed by atoms with E-state index in [1.165, 1.54) is 12.1 Å². The van der Waals surface area contributed by atoms with Gasteiger partial charge in [0.15, 0.2) is 0 Å². The minimum atomic E-state index is -3.78. The molecule has 1 fully saturated rings. The van der Waals surface area contributed by atoms with Crippen LogP contribution in [0, 0.1) is 0 Å². The topological polar surface area (TPSA) is 92.7 Å². The summed E-state index contributed by atoms with van der Waals surface area (Å²) in [6.45, 7) is 2.38. The first-order valence-electron chi connectivity index (χ1n) is 6.46. The summed E-state index contributed by atoms with van der Waals surface area (Å²) in [6.07, 6.45) is 1.16. The third-order valence-electron chi connectivity index (χ3n) is 3.29. The number of ether oxygens (including phenoxy) is 1. The Morgan fingerprint density at radius 3 is 2.81 bits per heavy atom. The SMILES string of the molecule is CC1CC(NS(=O)(=O)c2ccc(Cl)c(C(=O)O)c2)CCO1. The molecule has 8 heteroatoms. The van der Waals surface area contributed by atoms with Gasteiger partial charge in [0.2, 0.25) is 10.0 Å². The highest BCUT2D eigenvalue weighted by Crippen LogP contribution is 2.22. The fraction of sp³-hybridized carbons (Fsp3) is 0.462. The number of aromatic carboxylic acids is 1. The first-order chi connectivity index (χ1) is 9.79. The number of hydrogen-bond donors (Lipinski definition) is 2. The van der Waals surface area contributed by atoms with Crippen molar-refractivity contribution in [3.8, 4) is 0 Å². The number of benzene rings is 1. The summed E-state index contributed by atoms with van der Waals surface area (Å²) < 4.78 is 32.6. The van der Waals surface area contributed by atoms with Gasteiger partial charge >= 0.3 is 5.97 Å². The van der Waals surface area contributed by atoms with Gasteiger partial charge in [-0.2, -0.15) is 0 Å². The molecular weight excluding hydrogens is 318 g/mol. The van der Waals surface area contributed by atoms with Gasteiger partial charge in [-0.15, -0.1) is 0 Å². The van der Waals surface area contributed by atoms with Crippen LogP contribution in [0.2, 0.25) is 5.02 Å². The van der Waals surface area contributed by atoms with Crippen molar-refractivity contribution in [1.29, 1.82) is 0 Å². The van der Waals surface area contributed by atoms with Crippen LogP contribution < -0.4 is 4.72 Å². The smallest absolute Gasteiger partial charge is 0.337 e. The van der Waals surface area contributed by atoms with Crippen LogP contribution in [0.25, 0.3) is 0 Å². The normalized spacial score (nSPS) is 23.0. The van der Waals surface area contributed by atoms with E-state index in [-0.39, 0.29) is 27.6 Å². The predicted molar refractivity (Wildman–Crippen MR) is 77.2 cm³/mol. The molecule has 1 aromatic rings. The molecule has 1 aromatic carbocycles. The lowest BCUT2D eigenvalue weighted by Gasteiger charge is -2.27. The van der Waals surface area contributed by atoms with Crippen molar-refractivity contribution >= 4 is 27.6 Å². The van der Waals surface area contributed by atoms with Crippen molar-refractivity contribution in [3.05, 3.63) is 28.8 Å². The van der Waals surface area contributed by atoms with E-state index in [0.29, 0.717) is 19.4 Å². The van der Waals surface area contributed by atoms with E-state index in [0.717, 1.165) is 6.07 Å². The number of carboxylic acid groups (broad SMARTS) is 1. The van der Waals surface area contributed by atoms with Crippen molar-refractivity contribution < 1.29 is 23.1 Å². The lowest BCUT2D eigenvalue weighted by Crippen LogP contribution is -2.41. The van der Waals surface area contributed by atoms with Crippen LogP contribution >= 0.6 is 11.6 Å². The maximum Gasteiger partial charge on any atom is 0.337 e. The average molecular weight is 334 g/mol. The van der Waals surface area contributed by atoms with Gasteiger partial charge < -0.3 is 9.84 Å². The number of halogens is 1. The van der Waals surface area contributed by atoms with Gasteiger partial charge in [-0.25, -0.2) is 17.9 Å². The molecule has 1 saturated heterocycles. The Bertz CT molecular complexity index is 646. The van der Waals surface area contributed by atoms with Crippen LogP contribution in [0.5, 0.6) is 0 Å². The molecule has 116 valence electrons. The summed E-state index contributed by atoms with van der Waals surface area (Å²) in [5, 5.41) is 9.00. The Labute approximate surface area is 128 Å². The van der Waals surface area contributed by atoms with Crippen molar-refractivity contribution in [2.24, 2.45) is 0 Å². The zero-order valence-corrected chi connectivity index (χ0v) is 12.9. The molecule has 6 nitrogen and oxygen atoms in total. The molecule has 0 radical (unpaired) electrons. The van der Waals surface area contributed by atoms with Gasteiger partial charge in [-0.3, -0.25) is 0 Å². The molecule has 0 spiro atoms. The second kappa shape index (κ2) is 6.31. The predicted octanol–water partition coefficient (Wildman–Crippen LogP) is 1.88. The van der Waals surface area contributed by atoms with Crippen LogP contribution in [0.3, 0.4) is 0 Å². The van der Waals surface area contributed by atoms with Gasteiger partial charge in [-0.1, -0.05) is 11.6 Å². The molecule has 2 unspecified atom stereocenters. The van der Waals surface area contributed by atoms with Crippen LogP contribution in [-0.4, -0.2) is 38.2 Å². The molecule has 2 rings (SSSR count). The lowest BCUT2D eigenvalue weighted by molar-refractivity contribution is 0.0173. The third-order valence-corrected chi connectivity index (χ3v) is 5.13. The van der Waals surface area contributed by atoms with Crippen LogP contribution in [-0.2, 0) is 14.8 Å². The van der Waals surface area contributed by atoms with Gasteiger partial charge in [0.1, 0.15) is 0 Å². The largest absolute Gasteiger partial charge is 0.478 e. The highest BCUT2D eigenvalue weighted by atomic mass is 35.5. The van der Waals surface area contributed by atoms with Gasteiger partial charge in [0.05, 0.1) is 21.6 Å². The third kappa shape index (κ3) is 3.94. The minimum absolute atomic E-state index is 0.00105. The maximum absolute atomic E-state index is 12.3. The van der Waals surface area contributed by atoms with E-state index >= 15 is 0 Å². The summed E-state index contributed by atoms with van der Waals surface area (Å²) in [6, 6.07) is 3.41. The van der Waals surface area contributed by atoms with E-state index in [2.05, 4.69) is 4.72 Å². The zero-order valence-electron chi connectivity index (χ0n) is 11.4. The van der Waals surface area contributed by atoms with Crippen molar-refractivity contribution in [3.63, 3.8) is 0 Å².